The van der Waals surface area contributed by atoms with Gasteiger partial charge >= 0.3 is 0 Å². The van der Waals surface area contributed by atoms with E-state index in [2.05, 4.69) is 35.4 Å². The van der Waals surface area contributed by atoms with Crippen LogP contribution in [-0.2, 0) is 0 Å². The third-order valence-corrected chi connectivity index (χ3v) is 2.34. The van der Waals surface area contributed by atoms with Crippen molar-refractivity contribution in [2.24, 2.45) is 4.99 Å². The molecule has 0 amide bonds. The van der Waals surface area contributed by atoms with Crippen molar-refractivity contribution >= 4 is 11.5 Å². The fraction of sp³-hybridized carbons (Fsp3) is 0.300. The topological polar surface area (TPSA) is 24.4 Å². The summed E-state index contributed by atoms with van der Waals surface area (Å²) in [6.45, 7) is 2.17. The SMILES string of the molecule is CN=C1Nc2ccccc2C1C. The molecule has 1 aliphatic rings. The summed E-state index contributed by atoms with van der Waals surface area (Å²) in [6.07, 6.45) is 0. The monoisotopic (exact) mass is 160 g/mol. The number of nitrogens with zero attached hydrogens (tertiary/aromatic N) is 1. The normalized spacial score (nSPS) is 23.8. The molecule has 1 heterocycles. The molecule has 0 spiro atoms. The van der Waals surface area contributed by atoms with Crippen LogP contribution in [0.1, 0.15) is 18.4 Å². The van der Waals surface area contributed by atoms with E-state index in [1.54, 1.807) is 0 Å². The van der Waals surface area contributed by atoms with Crippen LogP contribution in [0.4, 0.5) is 5.69 Å². The molecule has 2 nitrogen and oxygen atoms in total. The average molecular weight is 160 g/mol. The van der Waals surface area contributed by atoms with Gasteiger partial charge in [0.05, 0.1) is 0 Å². The lowest BCUT2D eigenvalue weighted by Crippen LogP contribution is -2.09. The van der Waals surface area contributed by atoms with E-state index in [1.807, 2.05) is 13.1 Å². The maximum Gasteiger partial charge on any atom is 0.108 e. The summed E-state index contributed by atoms with van der Waals surface area (Å²) in [4.78, 5) is 4.19. The van der Waals surface area contributed by atoms with Crippen LogP contribution >= 0.6 is 0 Å². The predicted molar refractivity (Wildman–Crippen MR) is 51.8 cm³/mol. The van der Waals surface area contributed by atoms with Crippen molar-refractivity contribution in [1.29, 1.82) is 0 Å². The van der Waals surface area contributed by atoms with Gasteiger partial charge in [-0.05, 0) is 11.6 Å². The summed E-state index contributed by atoms with van der Waals surface area (Å²) in [5.74, 6) is 1.49. The van der Waals surface area contributed by atoms with Gasteiger partial charge in [-0.1, -0.05) is 25.1 Å². The van der Waals surface area contributed by atoms with E-state index >= 15 is 0 Å². The van der Waals surface area contributed by atoms with Crippen LogP contribution in [0.2, 0.25) is 0 Å². The predicted octanol–water partition coefficient (Wildman–Crippen LogP) is 2.24. The summed E-state index contributed by atoms with van der Waals surface area (Å²) in [7, 11) is 1.82. The minimum Gasteiger partial charge on any atom is -0.343 e. The minimum absolute atomic E-state index is 0.422. The largest absolute Gasteiger partial charge is 0.343 e. The second-order valence-electron chi connectivity index (χ2n) is 3.04. The third-order valence-electron chi connectivity index (χ3n) is 2.34. The van der Waals surface area contributed by atoms with Crippen molar-refractivity contribution in [2.45, 2.75) is 12.8 Å². The molecule has 0 fully saturated rings. The molecular formula is C10H12N2. The van der Waals surface area contributed by atoms with Gasteiger partial charge in [0.25, 0.3) is 0 Å². The molecule has 0 bridgehead atoms. The molecule has 0 saturated heterocycles. The van der Waals surface area contributed by atoms with Crippen molar-refractivity contribution in [2.75, 3.05) is 12.4 Å². The van der Waals surface area contributed by atoms with E-state index in [9.17, 15) is 0 Å². The van der Waals surface area contributed by atoms with E-state index in [-0.39, 0.29) is 0 Å². The van der Waals surface area contributed by atoms with Gasteiger partial charge in [0.15, 0.2) is 0 Å². The van der Waals surface area contributed by atoms with Gasteiger partial charge in [0, 0.05) is 18.7 Å². The lowest BCUT2D eigenvalue weighted by molar-refractivity contribution is 1.05. The molecule has 0 radical (unpaired) electrons. The average Bonchev–Trinajstić information content (AvgIpc) is 2.44. The highest BCUT2D eigenvalue weighted by Crippen LogP contribution is 2.31. The van der Waals surface area contributed by atoms with Crippen LogP contribution in [-0.4, -0.2) is 12.9 Å². The molecule has 1 atom stereocenters. The van der Waals surface area contributed by atoms with E-state index in [0.29, 0.717) is 5.92 Å². The molecular weight excluding hydrogens is 148 g/mol. The molecule has 2 heteroatoms. The number of hydrogen-bond donors (Lipinski definition) is 1. The number of aliphatic imine (C=N–C) groups is 1. The number of hydrogen-bond acceptors (Lipinski definition) is 1. The van der Waals surface area contributed by atoms with Gasteiger partial charge in [-0.3, -0.25) is 4.99 Å². The van der Waals surface area contributed by atoms with Crippen LogP contribution in [0.5, 0.6) is 0 Å². The Morgan fingerprint density at radius 2 is 2.08 bits per heavy atom. The summed E-state index contributed by atoms with van der Waals surface area (Å²) in [6, 6.07) is 8.34. The number of anilines is 1. The molecule has 1 N–H and O–H groups in total. The zero-order chi connectivity index (χ0) is 8.55. The number of benzene rings is 1. The number of amidine groups is 1. The summed E-state index contributed by atoms with van der Waals surface area (Å²) in [5.41, 5.74) is 2.55. The van der Waals surface area contributed by atoms with Crippen molar-refractivity contribution in [3.05, 3.63) is 29.8 Å². The third kappa shape index (κ3) is 0.916. The molecule has 1 aromatic rings. The Balaban J connectivity index is 2.49. The maximum atomic E-state index is 4.19. The smallest absolute Gasteiger partial charge is 0.108 e. The molecule has 1 aromatic carbocycles. The van der Waals surface area contributed by atoms with Crippen molar-refractivity contribution in [3.8, 4) is 0 Å². The molecule has 1 unspecified atom stereocenters. The first kappa shape index (κ1) is 7.35. The molecule has 0 aromatic heterocycles. The van der Waals surface area contributed by atoms with Gasteiger partial charge in [0.2, 0.25) is 0 Å². The fourth-order valence-electron chi connectivity index (χ4n) is 1.63. The lowest BCUT2D eigenvalue weighted by Gasteiger charge is -2.01. The number of rotatable bonds is 0. The molecule has 62 valence electrons. The van der Waals surface area contributed by atoms with Crippen LogP contribution in [0.3, 0.4) is 0 Å². The van der Waals surface area contributed by atoms with Crippen molar-refractivity contribution < 1.29 is 0 Å². The van der Waals surface area contributed by atoms with E-state index in [4.69, 9.17) is 0 Å². The Bertz CT molecular complexity index is 328. The number of para-hydroxylation sites is 1. The van der Waals surface area contributed by atoms with Gasteiger partial charge in [-0.15, -0.1) is 0 Å². The van der Waals surface area contributed by atoms with Gasteiger partial charge in [-0.25, -0.2) is 0 Å². The Morgan fingerprint density at radius 1 is 1.33 bits per heavy atom. The number of nitrogens with one attached hydrogen (secondary N) is 1. The van der Waals surface area contributed by atoms with Crippen molar-refractivity contribution in [1.82, 2.24) is 0 Å². The van der Waals surface area contributed by atoms with Gasteiger partial charge < -0.3 is 5.32 Å². The second-order valence-corrected chi connectivity index (χ2v) is 3.04. The zero-order valence-corrected chi connectivity index (χ0v) is 7.33. The summed E-state index contributed by atoms with van der Waals surface area (Å²) >= 11 is 0. The molecule has 1 aliphatic heterocycles. The maximum absolute atomic E-state index is 4.19. The van der Waals surface area contributed by atoms with Gasteiger partial charge in [0.1, 0.15) is 5.84 Å². The first-order valence-corrected chi connectivity index (χ1v) is 4.15. The zero-order valence-electron chi connectivity index (χ0n) is 7.33. The van der Waals surface area contributed by atoms with Gasteiger partial charge in [-0.2, -0.15) is 0 Å². The van der Waals surface area contributed by atoms with Crippen LogP contribution < -0.4 is 5.32 Å². The Morgan fingerprint density at radius 3 is 2.75 bits per heavy atom. The lowest BCUT2D eigenvalue weighted by atomic mass is 10.0. The standard InChI is InChI=1S/C10H12N2/c1-7-8-5-3-4-6-9(8)12-10(7)11-2/h3-7H,1-2H3,(H,11,12). The summed E-state index contributed by atoms with van der Waals surface area (Å²) < 4.78 is 0. The van der Waals surface area contributed by atoms with Crippen molar-refractivity contribution in [3.63, 3.8) is 0 Å². The second kappa shape index (κ2) is 2.63. The van der Waals surface area contributed by atoms with Crippen LogP contribution in [0.15, 0.2) is 29.3 Å². The highest BCUT2D eigenvalue weighted by molar-refractivity contribution is 6.06. The Kier molecular flexibility index (Phi) is 1.61. The molecule has 0 saturated carbocycles. The van der Waals surface area contributed by atoms with E-state index in [1.165, 1.54) is 11.3 Å². The Labute approximate surface area is 72.3 Å². The first-order valence-electron chi connectivity index (χ1n) is 4.15. The Hall–Kier alpha value is -1.31. The first-order chi connectivity index (χ1) is 5.83. The fourth-order valence-corrected chi connectivity index (χ4v) is 1.63. The molecule has 2 rings (SSSR count). The van der Waals surface area contributed by atoms with Crippen LogP contribution in [0, 0.1) is 0 Å². The van der Waals surface area contributed by atoms with E-state index < -0.39 is 0 Å². The van der Waals surface area contributed by atoms with E-state index in [0.717, 1.165) is 5.84 Å². The highest BCUT2D eigenvalue weighted by atomic mass is 15.0. The quantitative estimate of drug-likeness (QED) is 0.618. The highest BCUT2D eigenvalue weighted by Gasteiger charge is 2.22. The summed E-state index contributed by atoms with van der Waals surface area (Å²) in [5, 5.41) is 3.28. The molecule has 12 heavy (non-hydrogen) atoms. The minimum atomic E-state index is 0.422. The molecule has 0 aliphatic carbocycles. The number of fused-ring (bicyclic) bond motifs is 1. The van der Waals surface area contributed by atoms with Crippen LogP contribution in [0.25, 0.3) is 0 Å².